The molecule has 0 aliphatic heterocycles. The number of rotatable bonds is 3. The maximum atomic E-state index is 6.41. The van der Waals surface area contributed by atoms with Crippen molar-refractivity contribution < 1.29 is 4.74 Å². The SMILES string of the molecule is CC(C)(C)Oc1ccc([C@H](N)C2CCCCC2)cc1. The average molecular weight is 261 g/mol. The highest BCUT2D eigenvalue weighted by Crippen LogP contribution is 2.33. The van der Waals surface area contributed by atoms with Gasteiger partial charge >= 0.3 is 0 Å². The molecule has 0 bridgehead atoms. The lowest BCUT2D eigenvalue weighted by molar-refractivity contribution is 0.131. The van der Waals surface area contributed by atoms with Gasteiger partial charge in [0.1, 0.15) is 11.4 Å². The van der Waals surface area contributed by atoms with Crippen LogP contribution >= 0.6 is 0 Å². The zero-order chi connectivity index (χ0) is 13.9. The number of hydrogen-bond donors (Lipinski definition) is 1. The van der Waals surface area contributed by atoms with Gasteiger partial charge in [-0.15, -0.1) is 0 Å². The molecule has 0 unspecified atom stereocenters. The third kappa shape index (κ3) is 4.24. The van der Waals surface area contributed by atoms with Gasteiger partial charge in [-0.05, 0) is 57.2 Å². The third-order valence-electron chi connectivity index (χ3n) is 3.85. The molecular weight excluding hydrogens is 234 g/mol. The zero-order valence-corrected chi connectivity index (χ0v) is 12.5. The molecule has 0 spiro atoms. The second-order valence-corrected chi connectivity index (χ2v) is 6.71. The Morgan fingerprint density at radius 2 is 1.63 bits per heavy atom. The fourth-order valence-corrected chi connectivity index (χ4v) is 2.88. The summed E-state index contributed by atoms with van der Waals surface area (Å²) in [6.45, 7) is 6.19. The van der Waals surface area contributed by atoms with Gasteiger partial charge in [0.05, 0.1) is 0 Å². The Morgan fingerprint density at radius 3 is 2.16 bits per heavy atom. The molecule has 1 aromatic rings. The van der Waals surface area contributed by atoms with E-state index in [2.05, 4.69) is 32.9 Å². The molecule has 1 fully saturated rings. The highest BCUT2D eigenvalue weighted by atomic mass is 16.5. The van der Waals surface area contributed by atoms with E-state index in [9.17, 15) is 0 Å². The van der Waals surface area contributed by atoms with Crippen molar-refractivity contribution in [3.63, 3.8) is 0 Å². The highest BCUT2D eigenvalue weighted by molar-refractivity contribution is 5.29. The van der Waals surface area contributed by atoms with Crippen LogP contribution in [0, 0.1) is 5.92 Å². The monoisotopic (exact) mass is 261 g/mol. The van der Waals surface area contributed by atoms with Gasteiger partial charge in [-0.25, -0.2) is 0 Å². The molecule has 0 saturated heterocycles. The van der Waals surface area contributed by atoms with E-state index in [1.165, 1.54) is 37.7 Å². The van der Waals surface area contributed by atoms with Crippen molar-refractivity contribution in [1.29, 1.82) is 0 Å². The van der Waals surface area contributed by atoms with Crippen LogP contribution in [-0.2, 0) is 0 Å². The Bertz CT molecular complexity index is 385. The molecule has 19 heavy (non-hydrogen) atoms. The minimum absolute atomic E-state index is 0.146. The molecule has 1 aliphatic rings. The summed E-state index contributed by atoms with van der Waals surface area (Å²) in [5, 5.41) is 0. The van der Waals surface area contributed by atoms with Crippen molar-refractivity contribution in [3.05, 3.63) is 29.8 Å². The van der Waals surface area contributed by atoms with Crippen LogP contribution in [0.2, 0.25) is 0 Å². The van der Waals surface area contributed by atoms with Gasteiger partial charge in [-0.3, -0.25) is 0 Å². The molecule has 1 aliphatic carbocycles. The van der Waals surface area contributed by atoms with Crippen LogP contribution in [-0.4, -0.2) is 5.60 Å². The van der Waals surface area contributed by atoms with E-state index < -0.39 is 0 Å². The molecule has 2 rings (SSSR count). The van der Waals surface area contributed by atoms with Gasteiger partial charge in [-0.1, -0.05) is 31.4 Å². The van der Waals surface area contributed by atoms with Gasteiger partial charge in [0.15, 0.2) is 0 Å². The summed E-state index contributed by atoms with van der Waals surface area (Å²) >= 11 is 0. The van der Waals surface area contributed by atoms with Crippen LogP contribution in [0.15, 0.2) is 24.3 Å². The number of hydrogen-bond acceptors (Lipinski definition) is 2. The Hall–Kier alpha value is -1.02. The molecule has 1 atom stereocenters. The standard InChI is InChI=1S/C17H27NO/c1-17(2,3)19-15-11-9-14(10-12-15)16(18)13-7-5-4-6-8-13/h9-13,16H,4-8,18H2,1-3H3/t16-/m1/s1. The predicted octanol–water partition coefficient (Wildman–Crippen LogP) is 4.44. The second-order valence-electron chi connectivity index (χ2n) is 6.71. The first-order chi connectivity index (χ1) is 8.96. The number of nitrogens with two attached hydrogens (primary N) is 1. The zero-order valence-electron chi connectivity index (χ0n) is 12.5. The maximum absolute atomic E-state index is 6.41. The van der Waals surface area contributed by atoms with Crippen LogP contribution < -0.4 is 10.5 Å². The van der Waals surface area contributed by atoms with E-state index in [1.54, 1.807) is 0 Å². The first-order valence-electron chi connectivity index (χ1n) is 7.50. The smallest absolute Gasteiger partial charge is 0.120 e. The van der Waals surface area contributed by atoms with Crippen molar-refractivity contribution in [2.75, 3.05) is 0 Å². The first-order valence-corrected chi connectivity index (χ1v) is 7.50. The lowest BCUT2D eigenvalue weighted by Gasteiger charge is -2.28. The van der Waals surface area contributed by atoms with E-state index in [1.807, 2.05) is 12.1 Å². The van der Waals surface area contributed by atoms with E-state index >= 15 is 0 Å². The lowest BCUT2D eigenvalue weighted by Crippen LogP contribution is -2.24. The molecule has 106 valence electrons. The fraction of sp³-hybridized carbons (Fsp3) is 0.647. The van der Waals surface area contributed by atoms with Crippen LogP contribution in [0.5, 0.6) is 5.75 Å². The summed E-state index contributed by atoms with van der Waals surface area (Å²) in [6, 6.07) is 8.52. The second kappa shape index (κ2) is 5.96. The summed E-state index contributed by atoms with van der Waals surface area (Å²) in [4.78, 5) is 0. The maximum Gasteiger partial charge on any atom is 0.120 e. The molecule has 0 aromatic heterocycles. The highest BCUT2D eigenvalue weighted by Gasteiger charge is 2.22. The van der Waals surface area contributed by atoms with Crippen molar-refractivity contribution in [3.8, 4) is 5.75 Å². The minimum Gasteiger partial charge on any atom is -0.488 e. The normalized spacial score (nSPS) is 19.2. The molecule has 1 saturated carbocycles. The Kier molecular flexibility index (Phi) is 4.51. The summed E-state index contributed by atoms with van der Waals surface area (Å²) in [7, 11) is 0. The van der Waals surface area contributed by atoms with Crippen molar-refractivity contribution in [1.82, 2.24) is 0 Å². The van der Waals surface area contributed by atoms with Crippen molar-refractivity contribution in [2.45, 2.75) is 64.5 Å². The van der Waals surface area contributed by atoms with Crippen molar-refractivity contribution in [2.24, 2.45) is 11.7 Å². The lowest BCUT2D eigenvalue weighted by atomic mass is 9.81. The summed E-state index contributed by atoms with van der Waals surface area (Å²) in [5.41, 5.74) is 7.50. The molecule has 2 heteroatoms. The summed E-state index contributed by atoms with van der Waals surface area (Å²) in [5.74, 6) is 1.58. The Morgan fingerprint density at radius 1 is 1.05 bits per heavy atom. The number of ether oxygens (including phenoxy) is 1. The Balaban J connectivity index is 2.01. The van der Waals surface area contributed by atoms with Gasteiger partial charge in [0.2, 0.25) is 0 Å². The Labute approximate surface area is 117 Å². The van der Waals surface area contributed by atoms with Crippen molar-refractivity contribution >= 4 is 0 Å². The molecular formula is C17H27NO. The van der Waals surface area contributed by atoms with E-state index in [0.29, 0.717) is 5.92 Å². The summed E-state index contributed by atoms with van der Waals surface area (Å²) < 4.78 is 5.84. The van der Waals surface area contributed by atoms with Crippen LogP contribution in [0.25, 0.3) is 0 Å². The van der Waals surface area contributed by atoms with Crippen LogP contribution in [0.4, 0.5) is 0 Å². The molecule has 0 radical (unpaired) electrons. The molecule has 2 nitrogen and oxygen atoms in total. The number of benzene rings is 1. The fourth-order valence-electron chi connectivity index (χ4n) is 2.88. The minimum atomic E-state index is -0.146. The predicted molar refractivity (Wildman–Crippen MR) is 80.3 cm³/mol. The average Bonchev–Trinajstić information content (AvgIpc) is 2.38. The van der Waals surface area contributed by atoms with E-state index in [0.717, 1.165) is 5.75 Å². The quantitative estimate of drug-likeness (QED) is 0.872. The summed E-state index contributed by atoms with van der Waals surface area (Å²) in [6.07, 6.45) is 6.61. The topological polar surface area (TPSA) is 35.2 Å². The molecule has 0 heterocycles. The molecule has 0 amide bonds. The van der Waals surface area contributed by atoms with Gasteiger partial charge < -0.3 is 10.5 Å². The molecule has 1 aromatic carbocycles. The van der Waals surface area contributed by atoms with Gasteiger partial charge in [0.25, 0.3) is 0 Å². The largest absolute Gasteiger partial charge is 0.488 e. The first kappa shape index (κ1) is 14.4. The van der Waals surface area contributed by atoms with E-state index in [-0.39, 0.29) is 11.6 Å². The molecule has 2 N–H and O–H groups in total. The van der Waals surface area contributed by atoms with Crippen LogP contribution in [0.1, 0.15) is 64.5 Å². The van der Waals surface area contributed by atoms with E-state index in [4.69, 9.17) is 10.5 Å². The van der Waals surface area contributed by atoms with Gasteiger partial charge in [0, 0.05) is 6.04 Å². The van der Waals surface area contributed by atoms with Crippen LogP contribution in [0.3, 0.4) is 0 Å². The third-order valence-corrected chi connectivity index (χ3v) is 3.85. The van der Waals surface area contributed by atoms with Gasteiger partial charge in [-0.2, -0.15) is 0 Å².